The Morgan fingerprint density at radius 3 is 1.72 bits per heavy atom. The smallest absolute Gasteiger partial charge is 0.329 e. The summed E-state index contributed by atoms with van der Waals surface area (Å²) in [4.78, 5) is 12.5. The molecule has 0 atom stereocenters. The summed E-state index contributed by atoms with van der Waals surface area (Å²) < 4.78 is 0. The number of aliphatic carboxylic acids is 1. The molecule has 0 amide bonds. The fraction of sp³-hybridized carbons (Fsp3) is 0. The van der Waals surface area contributed by atoms with E-state index in [1.807, 2.05) is 65.6 Å². The first-order chi connectivity index (χ1) is 8.77. The zero-order chi connectivity index (χ0) is 12.8. The van der Waals surface area contributed by atoms with Gasteiger partial charge >= 0.3 is 5.97 Å². The largest absolute Gasteiger partial charge is 0.478 e. The zero-order valence-electron chi connectivity index (χ0n) is 9.73. The molecule has 3 heteroatoms. The summed E-state index contributed by atoms with van der Waals surface area (Å²) >= 11 is 0. The number of hydrogen-bond acceptors (Lipinski definition) is 2. The number of carboxylic acid groups (broad SMARTS) is 1. The molecule has 0 saturated heterocycles. The minimum atomic E-state index is -0.966. The highest BCUT2D eigenvalue weighted by atomic mass is 16.4. The van der Waals surface area contributed by atoms with Gasteiger partial charge in [-0.1, -0.05) is 36.4 Å². The highest BCUT2D eigenvalue weighted by Crippen LogP contribution is 2.24. The summed E-state index contributed by atoms with van der Waals surface area (Å²) in [5, 5.41) is 8.74. The Morgan fingerprint density at radius 1 is 0.889 bits per heavy atom. The average Bonchev–Trinajstić information content (AvgIpc) is 2.41. The molecule has 0 aromatic heterocycles. The number of carboxylic acids is 1. The SMILES string of the molecule is O=C(O)C=CN(c1ccccc1)c1ccccc1. The van der Waals surface area contributed by atoms with Crippen LogP contribution < -0.4 is 4.90 Å². The van der Waals surface area contributed by atoms with Crippen molar-refractivity contribution in [3.05, 3.63) is 72.9 Å². The van der Waals surface area contributed by atoms with Crippen molar-refractivity contribution in [2.75, 3.05) is 4.90 Å². The van der Waals surface area contributed by atoms with Crippen LogP contribution in [0.25, 0.3) is 0 Å². The number of anilines is 2. The fourth-order valence-corrected chi connectivity index (χ4v) is 1.64. The minimum absolute atomic E-state index is 0.918. The van der Waals surface area contributed by atoms with Gasteiger partial charge in [-0.2, -0.15) is 0 Å². The molecule has 1 N–H and O–H groups in total. The number of nitrogens with zero attached hydrogens (tertiary/aromatic N) is 1. The molecule has 0 saturated carbocycles. The lowest BCUT2D eigenvalue weighted by Crippen LogP contribution is -2.09. The van der Waals surface area contributed by atoms with Crippen molar-refractivity contribution in [1.29, 1.82) is 0 Å². The van der Waals surface area contributed by atoms with Crippen molar-refractivity contribution >= 4 is 17.3 Å². The van der Waals surface area contributed by atoms with Crippen LogP contribution in [0.3, 0.4) is 0 Å². The number of carbonyl (C=O) groups is 1. The first kappa shape index (κ1) is 11.9. The molecule has 18 heavy (non-hydrogen) atoms. The third-order valence-electron chi connectivity index (χ3n) is 2.43. The first-order valence-electron chi connectivity index (χ1n) is 5.58. The predicted octanol–water partition coefficient (Wildman–Crippen LogP) is 3.42. The molecular formula is C15H13NO2. The number of hydrogen-bond donors (Lipinski definition) is 1. The van der Waals surface area contributed by atoms with Crippen LogP contribution in [0.4, 0.5) is 11.4 Å². The molecule has 0 unspecified atom stereocenters. The third kappa shape index (κ3) is 2.98. The van der Waals surface area contributed by atoms with Crippen molar-refractivity contribution < 1.29 is 9.90 Å². The Kier molecular flexibility index (Phi) is 3.76. The topological polar surface area (TPSA) is 40.5 Å². The van der Waals surface area contributed by atoms with Crippen LogP contribution in [0.2, 0.25) is 0 Å². The van der Waals surface area contributed by atoms with E-state index in [4.69, 9.17) is 5.11 Å². The van der Waals surface area contributed by atoms with Gasteiger partial charge in [-0.05, 0) is 24.3 Å². The second-order valence-electron chi connectivity index (χ2n) is 3.70. The van der Waals surface area contributed by atoms with E-state index in [2.05, 4.69) is 0 Å². The highest BCUT2D eigenvalue weighted by Gasteiger charge is 2.05. The summed E-state index contributed by atoms with van der Waals surface area (Å²) in [6, 6.07) is 19.2. The molecule has 3 nitrogen and oxygen atoms in total. The lowest BCUT2D eigenvalue weighted by molar-refractivity contribution is -0.131. The highest BCUT2D eigenvalue weighted by molar-refractivity contribution is 5.81. The molecule has 0 spiro atoms. The Morgan fingerprint density at radius 2 is 1.33 bits per heavy atom. The lowest BCUT2D eigenvalue weighted by atomic mass is 10.2. The summed E-state index contributed by atoms with van der Waals surface area (Å²) in [6.07, 6.45) is 2.67. The van der Waals surface area contributed by atoms with E-state index in [1.165, 1.54) is 0 Å². The van der Waals surface area contributed by atoms with Crippen LogP contribution in [-0.2, 0) is 4.79 Å². The van der Waals surface area contributed by atoms with E-state index in [1.54, 1.807) is 6.20 Å². The van der Waals surface area contributed by atoms with Crippen LogP contribution >= 0.6 is 0 Å². The van der Waals surface area contributed by atoms with Gasteiger partial charge in [-0.15, -0.1) is 0 Å². The van der Waals surface area contributed by atoms with Crippen molar-refractivity contribution in [3.63, 3.8) is 0 Å². The quantitative estimate of drug-likeness (QED) is 0.831. The van der Waals surface area contributed by atoms with Gasteiger partial charge in [0, 0.05) is 23.7 Å². The molecule has 2 aromatic carbocycles. The van der Waals surface area contributed by atoms with Gasteiger partial charge in [0.05, 0.1) is 0 Å². The van der Waals surface area contributed by atoms with Gasteiger partial charge in [0.1, 0.15) is 0 Å². The molecule has 0 fully saturated rings. The van der Waals surface area contributed by atoms with E-state index in [9.17, 15) is 4.79 Å². The molecule has 2 aromatic rings. The molecule has 0 aliphatic heterocycles. The molecule has 0 heterocycles. The van der Waals surface area contributed by atoms with E-state index in [-0.39, 0.29) is 0 Å². The van der Waals surface area contributed by atoms with Crippen LogP contribution in [0.1, 0.15) is 0 Å². The normalized spacial score (nSPS) is 10.4. The Balaban J connectivity index is 2.38. The second kappa shape index (κ2) is 5.68. The van der Waals surface area contributed by atoms with Crippen molar-refractivity contribution in [1.82, 2.24) is 0 Å². The standard InChI is InChI=1S/C15H13NO2/c17-15(18)11-12-16(13-7-3-1-4-8-13)14-9-5-2-6-10-14/h1-12H,(H,17,18). The van der Waals surface area contributed by atoms with Crippen LogP contribution in [0.5, 0.6) is 0 Å². The minimum Gasteiger partial charge on any atom is -0.478 e. The molecule has 0 aliphatic rings. The molecule has 0 bridgehead atoms. The number of rotatable bonds is 4. The summed E-state index contributed by atoms with van der Waals surface area (Å²) in [5.74, 6) is -0.966. The molecular weight excluding hydrogens is 226 g/mol. The maximum Gasteiger partial charge on any atom is 0.329 e. The molecule has 2 rings (SSSR count). The number of para-hydroxylation sites is 2. The number of benzene rings is 2. The maximum absolute atomic E-state index is 10.7. The Bertz CT molecular complexity index is 495. The van der Waals surface area contributed by atoms with Gasteiger partial charge in [0.25, 0.3) is 0 Å². The second-order valence-corrected chi connectivity index (χ2v) is 3.70. The summed E-state index contributed by atoms with van der Waals surface area (Å²) in [7, 11) is 0. The van der Waals surface area contributed by atoms with E-state index in [0.717, 1.165) is 17.5 Å². The van der Waals surface area contributed by atoms with Crippen molar-refractivity contribution in [2.24, 2.45) is 0 Å². The maximum atomic E-state index is 10.7. The van der Waals surface area contributed by atoms with Gasteiger partial charge in [0.2, 0.25) is 0 Å². The predicted molar refractivity (Wildman–Crippen MR) is 71.8 cm³/mol. The molecule has 0 aliphatic carbocycles. The van der Waals surface area contributed by atoms with Crippen molar-refractivity contribution in [2.45, 2.75) is 0 Å². The van der Waals surface area contributed by atoms with Crippen molar-refractivity contribution in [3.8, 4) is 0 Å². The summed E-state index contributed by atoms with van der Waals surface area (Å²) in [6.45, 7) is 0. The van der Waals surface area contributed by atoms with Gasteiger partial charge in [-0.25, -0.2) is 4.79 Å². The molecule has 0 radical (unpaired) electrons. The van der Waals surface area contributed by atoms with E-state index >= 15 is 0 Å². The monoisotopic (exact) mass is 239 g/mol. The van der Waals surface area contributed by atoms with E-state index < -0.39 is 5.97 Å². The first-order valence-corrected chi connectivity index (χ1v) is 5.58. The Labute approximate surface area is 106 Å². The van der Waals surface area contributed by atoms with E-state index in [0.29, 0.717) is 0 Å². The summed E-state index contributed by atoms with van der Waals surface area (Å²) in [5.41, 5.74) is 1.84. The fourth-order valence-electron chi connectivity index (χ4n) is 1.64. The van der Waals surface area contributed by atoms with Gasteiger partial charge in [-0.3, -0.25) is 0 Å². The average molecular weight is 239 g/mol. The van der Waals surface area contributed by atoms with Gasteiger partial charge < -0.3 is 10.0 Å². The Hall–Kier alpha value is -2.55. The van der Waals surface area contributed by atoms with Crippen LogP contribution in [0, 0.1) is 0 Å². The lowest BCUT2D eigenvalue weighted by Gasteiger charge is -2.20. The van der Waals surface area contributed by atoms with Gasteiger partial charge in [0.15, 0.2) is 0 Å². The third-order valence-corrected chi connectivity index (χ3v) is 2.43. The van der Waals surface area contributed by atoms with Crippen LogP contribution in [-0.4, -0.2) is 11.1 Å². The van der Waals surface area contributed by atoms with Crippen LogP contribution in [0.15, 0.2) is 72.9 Å². The molecule has 90 valence electrons. The zero-order valence-corrected chi connectivity index (χ0v) is 9.73.